The van der Waals surface area contributed by atoms with Gasteiger partial charge in [-0.2, -0.15) is 0 Å². The lowest BCUT2D eigenvalue weighted by Gasteiger charge is -2.17. The van der Waals surface area contributed by atoms with E-state index in [-0.39, 0.29) is 11.7 Å². The van der Waals surface area contributed by atoms with Crippen LogP contribution in [0.2, 0.25) is 15.1 Å². The van der Waals surface area contributed by atoms with Crippen molar-refractivity contribution in [1.29, 1.82) is 0 Å². The van der Waals surface area contributed by atoms with E-state index in [0.717, 1.165) is 23.1 Å². The SMILES string of the molecule is CC(C)c1cc(CC(C)c2ccc(F)cc2Cl)cc(Cl)c1Cl. The molecule has 2 rings (SSSR count). The van der Waals surface area contributed by atoms with E-state index < -0.39 is 0 Å². The summed E-state index contributed by atoms with van der Waals surface area (Å²) in [6.07, 6.45) is 0.766. The smallest absolute Gasteiger partial charge is 0.124 e. The third kappa shape index (κ3) is 3.95. The molecule has 2 aromatic carbocycles. The zero-order valence-electron chi connectivity index (χ0n) is 12.8. The number of hydrogen-bond acceptors (Lipinski definition) is 0. The first-order chi connectivity index (χ1) is 10.3. The van der Waals surface area contributed by atoms with Crippen molar-refractivity contribution in [2.24, 2.45) is 0 Å². The fourth-order valence-electron chi connectivity index (χ4n) is 2.57. The molecule has 0 aliphatic carbocycles. The highest BCUT2D eigenvalue weighted by Gasteiger charge is 2.15. The van der Waals surface area contributed by atoms with Crippen LogP contribution < -0.4 is 0 Å². The predicted octanol–water partition coefficient (Wildman–Crippen LogP) is 7.26. The van der Waals surface area contributed by atoms with Gasteiger partial charge in [0.25, 0.3) is 0 Å². The molecule has 1 unspecified atom stereocenters. The molecule has 2 aromatic rings. The summed E-state index contributed by atoms with van der Waals surface area (Å²) in [5.74, 6) is 0.137. The fraction of sp³-hybridized carbons (Fsp3) is 0.333. The number of benzene rings is 2. The Morgan fingerprint density at radius 3 is 2.18 bits per heavy atom. The lowest BCUT2D eigenvalue weighted by molar-refractivity contribution is 0.625. The third-order valence-corrected chi connectivity index (χ3v) is 4.92. The summed E-state index contributed by atoms with van der Waals surface area (Å²) in [5, 5.41) is 1.64. The van der Waals surface area contributed by atoms with E-state index in [1.165, 1.54) is 12.1 Å². The first kappa shape index (κ1) is 17.6. The molecule has 0 amide bonds. The highest BCUT2D eigenvalue weighted by atomic mass is 35.5. The molecule has 0 bridgehead atoms. The van der Waals surface area contributed by atoms with E-state index in [4.69, 9.17) is 34.8 Å². The van der Waals surface area contributed by atoms with Crippen molar-refractivity contribution >= 4 is 34.8 Å². The fourth-order valence-corrected chi connectivity index (χ4v) is 3.50. The van der Waals surface area contributed by atoms with Gasteiger partial charge in [0.2, 0.25) is 0 Å². The quantitative estimate of drug-likeness (QED) is 0.539. The highest BCUT2D eigenvalue weighted by Crippen LogP contribution is 2.35. The summed E-state index contributed by atoms with van der Waals surface area (Å²) in [6, 6.07) is 8.51. The normalized spacial score (nSPS) is 12.7. The molecule has 0 saturated heterocycles. The van der Waals surface area contributed by atoms with E-state index in [2.05, 4.69) is 26.8 Å². The molecule has 0 nitrogen and oxygen atoms in total. The molecule has 0 heterocycles. The van der Waals surface area contributed by atoms with Gasteiger partial charge in [-0.25, -0.2) is 4.39 Å². The maximum absolute atomic E-state index is 13.2. The Kier molecular flexibility index (Phi) is 5.76. The molecule has 0 spiro atoms. The van der Waals surface area contributed by atoms with Crippen LogP contribution in [-0.2, 0) is 6.42 Å². The largest absolute Gasteiger partial charge is 0.207 e. The summed E-state index contributed by atoms with van der Waals surface area (Å²) in [5.41, 5.74) is 3.08. The van der Waals surface area contributed by atoms with Crippen LogP contribution in [0.15, 0.2) is 30.3 Å². The minimum Gasteiger partial charge on any atom is -0.207 e. The monoisotopic (exact) mass is 358 g/mol. The maximum atomic E-state index is 13.2. The Morgan fingerprint density at radius 1 is 0.909 bits per heavy atom. The second kappa shape index (κ2) is 7.21. The van der Waals surface area contributed by atoms with Crippen molar-refractivity contribution < 1.29 is 4.39 Å². The molecule has 22 heavy (non-hydrogen) atoms. The maximum Gasteiger partial charge on any atom is 0.124 e. The molecule has 0 N–H and O–H groups in total. The first-order valence-electron chi connectivity index (χ1n) is 7.22. The molecule has 0 radical (unpaired) electrons. The van der Waals surface area contributed by atoms with Crippen LogP contribution in [-0.4, -0.2) is 0 Å². The lowest BCUT2D eigenvalue weighted by Crippen LogP contribution is -2.01. The van der Waals surface area contributed by atoms with Crippen LogP contribution in [0, 0.1) is 5.82 Å². The van der Waals surface area contributed by atoms with E-state index in [1.807, 2.05) is 6.07 Å². The van der Waals surface area contributed by atoms with Gasteiger partial charge in [0.05, 0.1) is 10.0 Å². The molecule has 0 saturated carbocycles. The molecule has 1 atom stereocenters. The number of hydrogen-bond donors (Lipinski definition) is 0. The van der Waals surface area contributed by atoms with Crippen molar-refractivity contribution in [2.75, 3.05) is 0 Å². The molecular weight excluding hydrogens is 342 g/mol. The Labute approximate surface area is 146 Å². The van der Waals surface area contributed by atoms with E-state index >= 15 is 0 Å². The zero-order valence-corrected chi connectivity index (χ0v) is 15.0. The van der Waals surface area contributed by atoms with Gasteiger partial charge >= 0.3 is 0 Å². The second-order valence-corrected chi connectivity index (χ2v) is 7.10. The molecule has 4 heteroatoms. The average molecular weight is 360 g/mol. The molecule has 0 fully saturated rings. The molecule has 0 aliphatic heterocycles. The highest BCUT2D eigenvalue weighted by molar-refractivity contribution is 6.42. The summed E-state index contributed by atoms with van der Waals surface area (Å²) in [4.78, 5) is 0. The summed E-state index contributed by atoms with van der Waals surface area (Å²) < 4.78 is 13.2. The summed E-state index contributed by atoms with van der Waals surface area (Å²) in [6.45, 7) is 6.24. The average Bonchev–Trinajstić information content (AvgIpc) is 2.42. The summed E-state index contributed by atoms with van der Waals surface area (Å²) >= 11 is 18.6. The van der Waals surface area contributed by atoms with Gasteiger partial charge in [-0.1, -0.05) is 67.7 Å². The zero-order chi connectivity index (χ0) is 16.4. The number of rotatable bonds is 4. The van der Waals surface area contributed by atoms with Crippen LogP contribution in [0.3, 0.4) is 0 Å². The molecular formula is C18H18Cl3F. The van der Waals surface area contributed by atoms with Gasteiger partial charge in [0.1, 0.15) is 5.82 Å². The van der Waals surface area contributed by atoms with Crippen molar-refractivity contribution in [2.45, 2.75) is 39.0 Å². The first-order valence-corrected chi connectivity index (χ1v) is 8.35. The van der Waals surface area contributed by atoms with Crippen molar-refractivity contribution in [3.63, 3.8) is 0 Å². The van der Waals surface area contributed by atoms with Crippen LogP contribution >= 0.6 is 34.8 Å². The minimum absolute atomic E-state index is 0.158. The van der Waals surface area contributed by atoms with E-state index in [9.17, 15) is 4.39 Å². The van der Waals surface area contributed by atoms with Gasteiger partial charge in [-0.3, -0.25) is 0 Å². The summed E-state index contributed by atoms with van der Waals surface area (Å²) in [7, 11) is 0. The van der Waals surface area contributed by atoms with E-state index in [1.54, 1.807) is 6.07 Å². The Hall–Kier alpha value is -0.760. The molecule has 0 aromatic heterocycles. The Bertz CT molecular complexity index is 680. The predicted molar refractivity (Wildman–Crippen MR) is 94.1 cm³/mol. The van der Waals surface area contributed by atoms with Gasteiger partial charge in [0, 0.05) is 5.02 Å². The third-order valence-electron chi connectivity index (χ3n) is 3.77. The topological polar surface area (TPSA) is 0 Å². The standard InChI is InChI=1S/C18H18Cl3F/c1-10(2)15-7-12(8-17(20)18(15)21)6-11(3)14-5-4-13(22)9-16(14)19/h4-5,7-11H,6H2,1-3H3. The van der Waals surface area contributed by atoms with Gasteiger partial charge in [-0.15, -0.1) is 0 Å². The molecule has 118 valence electrons. The second-order valence-electron chi connectivity index (χ2n) is 5.91. The van der Waals surface area contributed by atoms with Gasteiger partial charge in [0.15, 0.2) is 0 Å². The van der Waals surface area contributed by atoms with Crippen LogP contribution in [0.4, 0.5) is 4.39 Å². The van der Waals surface area contributed by atoms with Gasteiger partial charge in [-0.05, 0) is 53.1 Å². The minimum atomic E-state index is -0.322. The van der Waals surface area contributed by atoms with Crippen molar-refractivity contribution in [3.05, 3.63) is 67.9 Å². The van der Waals surface area contributed by atoms with Crippen LogP contribution in [0.25, 0.3) is 0 Å². The van der Waals surface area contributed by atoms with Crippen molar-refractivity contribution in [3.8, 4) is 0 Å². The Balaban J connectivity index is 2.30. The molecule has 0 aliphatic rings. The van der Waals surface area contributed by atoms with Crippen LogP contribution in [0.1, 0.15) is 49.3 Å². The van der Waals surface area contributed by atoms with Gasteiger partial charge < -0.3 is 0 Å². The van der Waals surface area contributed by atoms with Crippen LogP contribution in [0.5, 0.6) is 0 Å². The van der Waals surface area contributed by atoms with E-state index in [0.29, 0.717) is 21.0 Å². The lowest BCUT2D eigenvalue weighted by atomic mass is 9.91. The Morgan fingerprint density at radius 2 is 1.59 bits per heavy atom. The van der Waals surface area contributed by atoms with Crippen molar-refractivity contribution in [1.82, 2.24) is 0 Å². The number of halogens is 4.